The topological polar surface area (TPSA) is 50.2 Å². The molecule has 18 heavy (non-hydrogen) atoms. The van der Waals surface area contributed by atoms with Crippen molar-refractivity contribution in [2.45, 2.75) is 20.3 Å². The van der Waals surface area contributed by atoms with Crippen molar-refractivity contribution in [1.29, 1.82) is 0 Å². The zero-order valence-corrected chi connectivity index (χ0v) is 11.5. The molecule has 0 saturated carbocycles. The Morgan fingerprint density at radius 2 is 2.17 bits per heavy atom. The van der Waals surface area contributed by atoms with E-state index in [0.717, 1.165) is 0 Å². The van der Waals surface area contributed by atoms with E-state index >= 15 is 0 Å². The number of aromatic carboxylic acids is 1. The van der Waals surface area contributed by atoms with Crippen LogP contribution in [-0.4, -0.2) is 16.1 Å². The Bertz CT molecular complexity index is 655. The summed E-state index contributed by atoms with van der Waals surface area (Å²) in [6.45, 7) is 3.62. The van der Waals surface area contributed by atoms with Crippen LogP contribution in [0.5, 0.6) is 0 Å². The largest absolute Gasteiger partial charge is 0.478 e. The summed E-state index contributed by atoms with van der Waals surface area (Å²) >= 11 is 3.06. The van der Waals surface area contributed by atoms with Gasteiger partial charge in [0.15, 0.2) is 0 Å². The summed E-state index contributed by atoms with van der Waals surface area (Å²) in [4.78, 5) is 15.7. The van der Waals surface area contributed by atoms with Gasteiger partial charge in [0, 0.05) is 17.1 Å². The normalized spacial score (nSPS) is 10.9. The van der Waals surface area contributed by atoms with Gasteiger partial charge in [0.05, 0.1) is 15.6 Å². The van der Waals surface area contributed by atoms with Gasteiger partial charge in [-0.15, -0.1) is 0 Å². The number of nitrogens with zero attached hydrogens (tertiary/aromatic N) is 1. The number of benzene rings is 1. The van der Waals surface area contributed by atoms with Gasteiger partial charge in [0.25, 0.3) is 0 Å². The van der Waals surface area contributed by atoms with Crippen LogP contribution in [0.25, 0.3) is 10.9 Å². The molecule has 1 heterocycles. The van der Waals surface area contributed by atoms with E-state index < -0.39 is 11.8 Å². The van der Waals surface area contributed by atoms with Gasteiger partial charge in [-0.2, -0.15) is 0 Å². The Kier molecular flexibility index (Phi) is 3.34. The molecular weight excluding hydrogens is 301 g/mol. The van der Waals surface area contributed by atoms with Crippen molar-refractivity contribution in [2.24, 2.45) is 0 Å². The molecule has 0 unspecified atom stereocenters. The number of halogens is 2. The Balaban J connectivity index is 2.95. The molecule has 1 N–H and O–H groups in total. The highest BCUT2D eigenvalue weighted by Crippen LogP contribution is 2.28. The van der Waals surface area contributed by atoms with Crippen LogP contribution in [0.4, 0.5) is 4.39 Å². The lowest BCUT2D eigenvalue weighted by Gasteiger charge is -2.11. The predicted molar refractivity (Wildman–Crippen MR) is 70.5 cm³/mol. The van der Waals surface area contributed by atoms with Gasteiger partial charge >= 0.3 is 5.97 Å². The molecule has 0 aliphatic carbocycles. The van der Waals surface area contributed by atoms with Gasteiger partial charge in [0.2, 0.25) is 0 Å². The monoisotopic (exact) mass is 311 g/mol. The molecule has 0 saturated heterocycles. The zero-order chi connectivity index (χ0) is 13.4. The number of hydrogen-bond acceptors (Lipinski definition) is 2. The van der Waals surface area contributed by atoms with Crippen LogP contribution in [0, 0.1) is 12.7 Å². The minimum absolute atomic E-state index is 0.192. The van der Waals surface area contributed by atoms with E-state index in [0.29, 0.717) is 28.6 Å². The minimum atomic E-state index is -1.02. The van der Waals surface area contributed by atoms with Gasteiger partial charge in [-0.25, -0.2) is 9.18 Å². The number of rotatable bonds is 2. The fourth-order valence-corrected chi connectivity index (χ4v) is 2.37. The summed E-state index contributed by atoms with van der Waals surface area (Å²) in [5.74, 6) is -1.47. The van der Waals surface area contributed by atoms with Crippen LogP contribution < -0.4 is 0 Å². The summed E-state index contributed by atoms with van der Waals surface area (Å²) in [5.41, 5.74) is 1.88. The Labute approximate surface area is 112 Å². The van der Waals surface area contributed by atoms with Gasteiger partial charge in [-0.1, -0.05) is 6.92 Å². The van der Waals surface area contributed by atoms with Crippen LogP contribution in [0.15, 0.2) is 16.6 Å². The molecule has 0 spiro atoms. The van der Waals surface area contributed by atoms with Crippen molar-refractivity contribution in [3.05, 3.63) is 39.2 Å². The van der Waals surface area contributed by atoms with E-state index in [2.05, 4.69) is 20.9 Å². The first-order valence-electron chi connectivity index (χ1n) is 5.47. The highest BCUT2D eigenvalue weighted by Gasteiger charge is 2.17. The highest BCUT2D eigenvalue weighted by atomic mass is 79.9. The number of fused-ring (bicyclic) bond motifs is 1. The summed E-state index contributed by atoms with van der Waals surface area (Å²) < 4.78 is 13.7. The van der Waals surface area contributed by atoms with E-state index in [1.54, 1.807) is 6.92 Å². The molecular formula is C13H11BrFNO2. The van der Waals surface area contributed by atoms with Crippen molar-refractivity contribution < 1.29 is 14.3 Å². The average molecular weight is 312 g/mol. The van der Waals surface area contributed by atoms with Gasteiger partial charge in [-0.05, 0) is 40.9 Å². The van der Waals surface area contributed by atoms with Gasteiger partial charge < -0.3 is 5.11 Å². The second kappa shape index (κ2) is 4.65. The first kappa shape index (κ1) is 13.0. The maximum Gasteiger partial charge on any atom is 0.336 e. The van der Waals surface area contributed by atoms with Crippen LogP contribution in [0.2, 0.25) is 0 Å². The molecule has 0 aliphatic rings. The van der Waals surface area contributed by atoms with E-state index in [1.165, 1.54) is 12.1 Å². The third-order valence-corrected chi connectivity index (χ3v) is 3.53. The molecule has 0 aliphatic heterocycles. The molecule has 1 aromatic carbocycles. The molecule has 0 atom stereocenters. The van der Waals surface area contributed by atoms with Gasteiger partial charge in [0.1, 0.15) is 5.82 Å². The highest BCUT2D eigenvalue weighted by molar-refractivity contribution is 9.10. The molecule has 2 aromatic rings. The second-order valence-electron chi connectivity index (χ2n) is 4.00. The molecule has 1 aromatic heterocycles. The number of aromatic nitrogens is 1. The van der Waals surface area contributed by atoms with E-state index in [-0.39, 0.29) is 10.0 Å². The molecule has 3 nitrogen and oxygen atoms in total. The first-order chi connectivity index (χ1) is 8.45. The molecule has 0 bridgehead atoms. The van der Waals surface area contributed by atoms with Crippen molar-refractivity contribution >= 4 is 32.8 Å². The molecule has 0 fully saturated rings. The summed E-state index contributed by atoms with van der Waals surface area (Å²) in [6, 6.07) is 2.72. The van der Waals surface area contributed by atoms with Crippen molar-refractivity contribution in [2.75, 3.05) is 0 Å². The Hall–Kier alpha value is -1.49. The van der Waals surface area contributed by atoms with E-state index in [1.807, 2.05) is 6.92 Å². The third-order valence-electron chi connectivity index (χ3n) is 2.92. The summed E-state index contributed by atoms with van der Waals surface area (Å²) in [5, 5.41) is 9.76. The quantitative estimate of drug-likeness (QED) is 0.920. The number of pyridine rings is 1. The lowest BCUT2D eigenvalue weighted by atomic mass is 10.0. The van der Waals surface area contributed by atoms with Gasteiger partial charge in [-0.3, -0.25) is 4.98 Å². The fourth-order valence-electron chi connectivity index (χ4n) is 2.02. The molecule has 5 heteroatoms. The third kappa shape index (κ3) is 1.99. The number of hydrogen-bond donors (Lipinski definition) is 1. The molecule has 2 rings (SSSR count). The smallest absolute Gasteiger partial charge is 0.336 e. The molecule has 94 valence electrons. The summed E-state index contributed by atoms with van der Waals surface area (Å²) in [7, 11) is 0. The average Bonchev–Trinajstić information content (AvgIpc) is 2.30. The zero-order valence-electron chi connectivity index (χ0n) is 9.92. The van der Waals surface area contributed by atoms with Crippen LogP contribution in [0.3, 0.4) is 0 Å². The molecule has 0 amide bonds. The summed E-state index contributed by atoms with van der Waals surface area (Å²) in [6.07, 6.45) is 0.611. The molecule has 0 radical (unpaired) electrons. The van der Waals surface area contributed by atoms with Crippen molar-refractivity contribution in [1.82, 2.24) is 4.98 Å². The Morgan fingerprint density at radius 3 is 2.72 bits per heavy atom. The number of aryl methyl sites for hydroxylation is 1. The number of carboxylic acid groups (broad SMARTS) is 1. The number of carbonyl (C=O) groups is 1. The lowest BCUT2D eigenvalue weighted by Crippen LogP contribution is -2.06. The van der Waals surface area contributed by atoms with Crippen molar-refractivity contribution in [3.63, 3.8) is 0 Å². The predicted octanol–water partition coefficient (Wildman–Crippen LogP) is 3.71. The second-order valence-corrected chi connectivity index (χ2v) is 4.86. The van der Waals surface area contributed by atoms with Crippen LogP contribution in [-0.2, 0) is 6.42 Å². The van der Waals surface area contributed by atoms with Crippen molar-refractivity contribution in [3.8, 4) is 0 Å². The van der Waals surface area contributed by atoms with Crippen LogP contribution in [0.1, 0.15) is 28.5 Å². The van der Waals surface area contributed by atoms with Crippen LogP contribution >= 0.6 is 15.9 Å². The minimum Gasteiger partial charge on any atom is -0.478 e. The Morgan fingerprint density at radius 1 is 1.50 bits per heavy atom. The standard InChI is InChI=1S/C13H11BrFNO2/c1-3-10-6(2)12(13(17)18)7-4-8(14)9(15)5-11(7)16-10/h4-5H,3H2,1-2H3,(H,17,18). The lowest BCUT2D eigenvalue weighted by molar-refractivity contribution is 0.0698. The number of carboxylic acids is 1. The maximum atomic E-state index is 13.5. The fraction of sp³-hybridized carbons (Fsp3) is 0.231. The maximum absolute atomic E-state index is 13.5. The SMILES string of the molecule is CCc1nc2cc(F)c(Br)cc2c(C(=O)O)c1C. The van der Waals surface area contributed by atoms with E-state index in [9.17, 15) is 14.3 Å². The van der Waals surface area contributed by atoms with E-state index in [4.69, 9.17) is 0 Å². The first-order valence-corrected chi connectivity index (χ1v) is 6.26.